The number of esters is 1. The Hall–Kier alpha value is -1.03. The van der Waals surface area contributed by atoms with E-state index in [4.69, 9.17) is 9.84 Å². The van der Waals surface area contributed by atoms with Gasteiger partial charge in [0.15, 0.2) is 0 Å². The van der Waals surface area contributed by atoms with Crippen LogP contribution >= 0.6 is 0 Å². The van der Waals surface area contributed by atoms with E-state index >= 15 is 0 Å². The third kappa shape index (κ3) is 7.33. The second-order valence-electron chi connectivity index (χ2n) is 2.81. The van der Waals surface area contributed by atoms with Gasteiger partial charge in [-0.05, 0) is 20.8 Å². The van der Waals surface area contributed by atoms with Crippen LogP contribution in [-0.2, 0) is 9.53 Å². The van der Waals surface area contributed by atoms with Crippen LogP contribution in [0.15, 0.2) is 11.8 Å². The SMILES string of the molecule is CCOC(=O)/C=C(\C)NCC(C)O. The number of carbonyl (C=O) groups is 1. The third-order valence-electron chi connectivity index (χ3n) is 1.30. The maximum Gasteiger partial charge on any atom is 0.332 e. The van der Waals surface area contributed by atoms with Gasteiger partial charge in [0.05, 0.1) is 12.7 Å². The van der Waals surface area contributed by atoms with Gasteiger partial charge in [-0.3, -0.25) is 0 Å². The van der Waals surface area contributed by atoms with Gasteiger partial charge < -0.3 is 15.2 Å². The topological polar surface area (TPSA) is 58.6 Å². The molecule has 0 aliphatic rings. The normalized spacial score (nSPS) is 13.7. The van der Waals surface area contributed by atoms with Crippen LogP contribution in [0.5, 0.6) is 0 Å². The van der Waals surface area contributed by atoms with Crippen LogP contribution in [0.1, 0.15) is 20.8 Å². The lowest BCUT2D eigenvalue weighted by Gasteiger charge is -2.07. The Bertz CT molecular complexity index is 187. The minimum atomic E-state index is -0.425. The fraction of sp³-hybridized carbons (Fsp3) is 0.667. The zero-order valence-electron chi connectivity index (χ0n) is 8.33. The van der Waals surface area contributed by atoms with E-state index in [1.807, 2.05) is 0 Å². The maximum absolute atomic E-state index is 10.9. The van der Waals surface area contributed by atoms with E-state index < -0.39 is 6.10 Å². The lowest BCUT2D eigenvalue weighted by atomic mass is 10.3. The first-order valence-electron chi connectivity index (χ1n) is 4.33. The van der Waals surface area contributed by atoms with Gasteiger partial charge >= 0.3 is 5.97 Å². The molecule has 1 unspecified atom stereocenters. The van der Waals surface area contributed by atoms with Crippen LogP contribution in [0.2, 0.25) is 0 Å². The smallest absolute Gasteiger partial charge is 0.332 e. The predicted molar refractivity (Wildman–Crippen MR) is 50.1 cm³/mol. The largest absolute Gasteiger partial charge is 0.463 e. The van der Waals surface area contributed by atoms with E-state index in [-0.39, 0.29) is 5.97 Å². The monoisotopic (exact) mass is 187 g/mol. The average molecular weight is 187 g/mol. The fourth-order valence-electron chi connectivity index (χ4n) is 0.720. The molecule has 0 aromatic heterocycles. The summed E-state index contributed by atoms with van der Waals surface area (Å²) in [4.78, 5) is 10.9. The highest BCUT2D eigenvalue weighted by molar-refractivity contribution is 5.82. The van der Waals surface area contributed by atoms with E-state index in [9.17, 15) is 4.79 Å². The second kappa shape index (κ2) is 6.48. The van der Waals surface area contributed by atoms with Crippen LogP contribution < -0.4 is 5.32 Å². The molecule has 13 heavy (non-hydrogen) atoms. The van der Waals surface area contributed by atoms with E-state index in [1.165, 1.54) is 6.08 Å². The number of aliphatic hydroxyl groups excluding tert-OH is 1. The zero-order valence-corrected chi connectivity index (χ0v) is 8.33. The minimum absolute atomic E-state index is 0.363. The number of allylic oxidation sites excluding steroid dienone is 1. The van der Waals surface area contributed by atoms with Crippen molar-refractivity contribution in [1.29, 1.82) is 0 Å². The molecule has 0 saturated carbocycles. The van der Waals surface area contributed by atoms with Crippen molar-refractivity contribution in [2.45, 2.75) is 26.9 Å². The molecule has 2 N–H and O–H groups in total. The molecule has 0 aromatic carbocycles. The molecule has 0 fully saturated rings. The molecule has 0 spiro atoms. The molecule has 4 nitrogen and oxygen atoms in total. The summed E-state index contributed by atoms with van der Waals surface area (Å²) >= 11 is 0. The van der Waals surface area contributed by atoms with Crippen molar-refractivity contribution in [1.82, 2.24) is 5.32 Å². The van der Waals surface area contributed by atoms with E-state index in [0.717, 1.165) is 0 Å². The van der Waals surface area contributed by atoms with Crippen LogP contribution in [0.25, 0.3) is 0 Å². The number of hydrogen-bond acceptors (Lipinski definition) is 4. The molecule has 0 saturated heterocycles. The third-order valence-corrected chi connectivity index (χ3v) is 1.30. The molecule has 0 amide bonds. The first-order chi connectivity index (χ1) is 6.06. The van der Waals surface area contributed by atoms with Crippen molar-refractivity contribution >= 4 is 5.97 Å². The van der Waals surface area contributed by atoms with Crippen LogP contribution in [-0.4, -0.2) is 30.3 Å². The van der Waals surface area contributed by atoms with Crippen molar-refractivity contribution < 1.29 is 14.6 Å². The second-order valence-corrected chi connectivity index (χ2v) is 2.81. The molecular weight excluding hydrogens is 170 g/mol. The Morgan fingerprint density at radius 2 is 2.31 bits per heavy atom. The van der Waals surface area contributed by atoms with Gasteiger partial charge in [-0.25, -0.2) is 4.79 Å². The molecule has 0 rings (SSSR count). The summed E-state index contributed by atoms with van der Waals surface area (Å²) in [6.07, 6.45) is 0.942. The average Bonchev–Trinajstić information content (AvgIpc) is 2.01. The summed E-state index contributed by atoms with van der Waals surface area (Å²) in [5.74, 6) is -0.363. The number of aliphatic hydroxyl groups is 1. The van der Waals surface area contributed by atoms with Crippen molar-refractivity contribution in [3.8, 4) is 0 Å². The molecule has 0 bridgehead atoms. The molecule has 0 aliphatic carbocycles. The van der Waals surface area contributed by atoms with Gasteiger partial charge in [0.25, 0.3) is 0 Å². The standard InChI is InChI=1S/C9H17NO3/c1-4-13-9(12)5-7(2)10-6-8(3)11/h5,8,10-11H,4,6H2,1-3H3/b7-5+. The highest BCUT2D eigenvalue weighted by Crippen LogP contribution is 1.90. The van der Waals surface area contributed by atoms with Gasteiger partial charge in [-0.2, -0.15) is 0 Å². The Morgan fingerprint density at radius 1 is 1.69 bits per heavy atom. The summed E-state index contributed by atoms with van der Waals surface area (Å²) in [5.41, 5.74) is 0.694. The van der Waals surface area contributed by atoms with Crippen LogP contribution in [0.3, 0.4) is 0 Å². The quantitative estimate of drug-likeness (QED) is 0.484. The van der Waals surface area contributed by atoms with Gasteiger partial charge in [0.1, 0.15) is 0 Å². The van der Waals surface area contributed by atoms with Crippen molar-refractivity contribution in [3.05, 3.63) is 11.8 Å². The van der Waals surface area contributed by atoms with Crippen LogP contribution in [0.4, 0.5) is 0 Å². The molecule has 0 heterocycles. The van der Waals surface area contributed by atoms with Gasteiger partial charge in [-0.1, -0.05) is 0 Å². The summed E-state index contributed by atoms with van der Waals surface area (Å²) in [6.45, 7) is 5.98. The van der Waals surface area contributed by atoms with Crippen molar-refractivity contribution in [2.24, 2.45) is 0 Å². The number of ether oxygens (including phenoxy) is 1. The van der Waals surface area contributed by atoms with Crippen LogP contribution in [0, 0.1) is 0 Å². The summed E-state index contributed by atoms with van der Waals surface area (Å²) < 4.78 is 4.70. The highest BCUT2D eigenvalue weighted by Gasteiger charge is 1.98. The fourth-order valence-corrected chi connectivity index (χ4v) is 0.720. The van der Waals surface area contributed by atoms with E-state index in [0.29, 0.717) is 18.8 Å². The molecule has 0 aromatic rings. The maximum atomic E-state index is 10.9. The Kier molecular flexibility index (Phi) is 5.97. The molecular formula is C9H17NO3. The lowest BCUT2D eigenvalue weighted by molar-refractivity contribution is -0.137. The summed E-state index contributed by atoms with van der Waals surface area (Å²) in [5, 5.41) is 11.8. The highest BCUT2D eigenvalue weighted by atomic mass is 16.5. The minimum Gasteiger partial charge on any atom is -0.463 e. The number of nitrogens with one attached hydrogen (secondary N) is 1. The van der Waals surface area contributed by atoms with Crippen molar-refractivity contribution in [3.63, 3.8) is 0 Å². The Balaban J connectivity index is 3.80. The Labute approximate surface area is 78.6 Å². The Morgan fingerprint density at radius 3 is 2.77 bits per heavy atom. The lowest BCUT2D eigenvalue weighted by Crippen LogP contribution is -2.23. The van der Waals surface area contributed by atoms with Gasteiger partial charge in [-0.15, -0.1) is 0 Å². The first-order valence-corrected chi connectivity index (χ1v) is 4.33. The molecule has 76 valence electrons. The van der Waals surface area contributed by atoms with E-state index in [2.05, 4.69) is 5.32 Å². The molecule has 4 heteroatoms. The number of hydrogen-bond donors (Lipinski definition) is 2. The van der Waals surface area contributed by atoms with Crippen molar-refractivity contribution in [2.75, 3.05) is 13.2 Å². The number of carbonyl (C=O) groups excluding carboxylic acids is 1. The number of rotatable bonds is 5. The predicted octanol–water partition coefficient (Wildman–Crippen LogP) is 0.424. The molecule has 0 aliphatic heterocycles. The zero-order chi connectivity index (χ0) is 10.3. The van der Waals surface area contributed by atoms with Gasteiger partial charge in [0, 0.05) is 18.3 Å². The molecule has 1 atom stereocenters. The molecule has 0 radical (unpaired) electrons. The van der Waals surface area contributed by atoms with E-state index in [1.54, 1.807) is 20.8 Å². The summed E-state index contributed by atoms with van der Waals surface area (Å²) in [7, 11) is 0. The first kappa shape index (κ1) is 12.0. The summed E-state index contributed by atoms with van der Waals surface area (Å²) in [6, 6.07) is 0. The van der Waals surface area contributed by atoms with Gasteiger partial charge in [0.2, 0.25) is 0 Å².